The van der Waals surface area contributed by atoms with Crippen LogP contribution in [-0.4, -0.2) is 28.5 Å². The van der Waals surface area contributed by atoms with Gasteiger partial charge in [0.1, 0.15) is 29.7 Å². The minimum absolute atomic E-state index is 0.0336. The Labute approximate surface area is 220 Å². The third-order valence-electron chi connectivity index (χ3n) is 6.62. The number of carbonyl (C=O) groups is 1. The minimum Gasteiger partial charge on any atom is -0.611 e. The molecule has 3 aromatic carbocycles. The lowest BCUT2D eigenvalue weighted by atomic mass is 9.90. The molecule has 0 saturated heterocycles. The number of carboxylic acids is 1. The predicted octanol–water partition coefficient (Wildman–Crippen LogP) is 6.96. The lowest BCUT2D eigenvalue weighted by Gasteiger charge is -2.18. The number of carboxylic acid groups (broad SMARTS) is 1. The first-order chi connectivity index (χ1) is 17.9. The van der Waals surface area contributed by atoms with Crippen LogP contribution in [0.2, 0.25) is 0 Å². The first kappa shape index (κ1) is 27.0. The van der Waals surface area contributed by atoms with Gasteiger partial charge in [0.2, 0.25) is 0 Å². The van der Waals surface area contributed by atoms with Gasteiger partial charge in [-0.2, -0.15) is 0 Å². The number of halogens is 1. The van der Waals surface area contributed by atoms with Crippen LogP contribution in [0.4, 0.5) is 4.39 Å². The van der Waals surface area contributed by atoms with E-state index in [9.17, 15) is 18.8 Å². The molecule has 1 aliphatic rings. The van der Waals surface area contributed by atoms with Crippen LogP contribution in [-0.2, 0) is 22.6 Å². The van der Waals surface area contributed by atoms with Crippen LogP contribution in [0.5, 0.6) is 11.5 Å². The van der Waals surface area contributed by atoms with Gasteiger partial charge in [0.05, 0.1) is 13.5 Å². The minimum atomic E-state index is -1.30. The molecule has 1 unspecified atom stereocenters. The fourth-order valence-corrected chi connectivity index (χ4v) is 5.83. The van der Waals surface area contributed by atoms with Crippen molar-refractivity contribution in [1.29, 1.82) is 0 Å². The summed E-state index contributed by atoms with van der Waals surface area (Å²) in [5.41, 5.74) is 2.71. The molecule has 5 nitrogen and oxygen atoms in total. The van der Waals surface area contributed by atoms with E-state index in [1.54, 1.807) is 18.2 Å². The Morgan fingerprint density at radius 3 is 2.62 bits per heavy atom. The van der Waals surface area contributed by atoms with Gasteiger partial charge in [0, 0.05) is 17.2 Å². The smallest absolute Gasteiger partial charge is 0.303 e. The Hall–Kier alpha value is -3.03. The summed E-state index contributed by atoms with van der Waals surface area (Å²) in [6, 6.07) is 17.6. The molecule has 196 valence electrons. The van der Waals surface area contributed by atoms with E-state index in [0.29, 0.717) is 39.2 Å². The van der Waals surface area contributed by atoms with E-state index in [-0.39, 0.29) is 18.9 Å². The molecule has 0 amide bonds. The Morgan fingerprint density at radius 1 is 1.11 bits per heavy atom. The van der Waals surface area contributed by atoms with Crippen molar-refractivity contribution in [2.24, 2.45) is 5.92 Å². The van der Waals surface area contributed by atoms with Crippen molar-refractivity contribution in [2.45, 2.75) is 56.4 Å². The Bertz CT molecular complexity index is 1230. The van der Waals surface area contributed by atoms with E-state index in [2.05, 4.69) is 0 Å². The van der Waals surface area contributed by atoms with Crippen LogP contribution < -0.4 is 9.47 Å². The number of aliphatic carboxylic acids is 1. The summed E-state index contributed by atoms with van der Waals surface area (Å²) in [6.07, 6.45) is 4.06. The van der Waals surface area contributed by atoms with Crippen molar-refractivity contribution in [1.82, 2.24) is 0 Å². The van der Waals surface area contributed by atoms with Crippen LogP contribution in [0.25, 0.3) is 11.1 Å². The van der Waals surface area contributed by atoms with Crippen molar-refractivity contribution in [3.63, 3.8) is 0 Å². The highest BCUT2D eigenvalue weighted by molar-refractivity contribution is 7.91. The normalized spacial score (nSPS) is 14.7. The van der Waals surface area contributed by atoms with E-state index < -0.39 is 23.0 Å². The van der Waals surface area contributed by atoms with Crippen molar-refractivity contribution < 1.29 is 28.3 Å². The standard InChI is InChI=1S/C30H33FO5S/c1-3-13-37(34)29-15-21(9-11-26(29)27-18-24(35-2)10-12-28(27)31)19-36-25-6-4-5-22(16-25)23(17-30(32)33)14-20-7-8-20/h4-6,9-12,15-16,18,20,23H,3,7-8,13-14,17,19H2,1-2H3,(H,32,33)/t23-,37?/m0/s1. The molecule has 0 bridgehead atoms. The molecule has 0 spiro atoms. The summed E-state index contributed by atoms with van der Waals surface area (Å²) < 4.78 is 39.2. The molecule has 2 atom stereocenters. The first-order valence-corrected chi connectivity index (χ1v) is 14.0. The molecule has 4 rings (SSSR count). The number of rotatable bonds is 13. The second-order valence-electron chi connectivity index (χ2n) is 9.56. The summed E-state index contributed by atoms with van der Waals surface area (Å²) in [6.45, 7) is 2.21. The molecular formula is C30H33FO5S. The molecule has 7 heteroatoms. The fraction of sp³-hybridized carbons (Fsp3) is 0.367. The van der Waals surface area contributed by atoms with Gasteiger partial charge in [-0.15, -0.1) is 0 Å². The second-order valence-corrected chi connectivity index (χ2v) is 11.1. The summed E-state index contributed by atoms with van der Waals surface area (Å²) in [5.74, 6) is 1.03. The van der Waals surface area contributed by atoms with Gasteiger partial charge in [-0.1, -0.05) is 38.0 Å². The molecule has 0 aromatic heterocycles. The largest absolute Gasteiger partial charge is 0.611 e. The average molecular weight is 525 g/mol. The molecule has 37 heavy (non-hydrogen) atoms. The van der Waals surface area contributed by atoms with E-state index in [4.69, 9.17) is 9.47 Å². The third kappa shape index (κ3) is 7.27. The second kappa shape index (κ2) is 12.5. The zero-order valence-corrected chi connectivity index (χ0v) is 22.1. The maximum atomic E-state index is 14.7. The quantitative estimate of drug-likeness (QED) is 0.245. The Morgan fingerprint density at radius 2 is 1.92 bits per heavy atom. The van der Waals surface area contributed by atoms with Gasteiger partial charge in [-0.3, -0.25) is 4.79 Å². The number of hydrogen-bond donors (Lipinski definition) is 1. The van der Waals surface area contributed by atoms with Gasteiger partial charge in [-0.25, -0.2) is 4.39 Å². The number of benzene rings is 3. The first-order valence-electron chi connectivity index (χ1n) is 12.7. The van der Waals surface area contributed by atoms with Crippen molar-refractivity contribution in [3.8, 4) is 22.6 Å². The summed E-state index contributed by atoms with van der Waals surface area (Å²) in [5, 5.41) is 9.37. The molecule has 0 radical (unpaired) electrons. The van der Waals surface area contributed by atoms with Gasteiger partial charge >= 0.3 is 5.97 Å². The number of hydrogen-bond acceptors (Lipinski definition) is 4. The zero-order chi connectivity index (χ0) is 26.4. The monoisotopic (exact) mass is 524 g/mol. The molecule has 1 saturated carbocycles. The van der Waals surface area contributed by atoms with E-state index in [0.717, 1.165) is 24.0 Å². The van der Waals surface area contributed by atoms with Gasteiger partial charge in [-0.05, 0) is 83.4 Å². The van der Waals surface area contributed by atoms with E-state index in [1.807, 2.05) is 43.3 Å². The van der Waals surface area contributed by atoms with Gasteiger partial charge < -0.3 is 19.1 Å². The average Bonchev–Trinajstić information content (AvgIpc) is 3.71. The molecule has 0 aliphatic heterocycles. The highest BCUT2D eigenvalue weighted by Gasteiger charge is 2.28. The number of methoxy groups -OCH3 is 1. The fourth-order valence-electron chi connectivity index (χ4n) is 4.53. The van der Waals surface area contributed by atoms with Crippen LogP contribution in [0.3, 0.4) is 0 Å². The molecule has 3 aromatic rings. The van der Waals surface area contributed by atoms with Crippen molar-refractivity contribution in [3.05, 3.63) is 77.6 Å². The Kier molecular flexibility index (Phi) is 9.11. The van der Waals surface area contributed by atoms with Crippen LogP contribution >= 0.6 is 0 Å². The van der Waals surface area contributed by atoms with E-state index in [1.165, 1.54) is 26.0 Å². The summed E-state index contributed by atoms with van der Waals surface area (Å²) in [4.78, 5) is 12.0. The zero-order valence-electron chi connectivity index (χ0n) is 21.2. The lowest BCUT2D eigenvalue weighted by molar-refractivity contribution is -0.137. The van der Waals surface area contributed by atoms with E-state index >= 15 is 0 Å². The topological polar surface area (TPSA) is 78.8 Å². The molecule has 1 fully saturated rings. The highest BCUT2D eigenvalue weighted by atomic mass is 32.2. The maximum absolute atomic E-state index is 14.7. The SMILES string of the molecule is CCC[S+]([O-])c1cc(COc2cccc([C@H](CC(=O)O)CC3CC3)c2)ccc1-c1cc(OC)ccc1F. The van der Waals surface area contributed by atoms with Crippen molar-refractivity contribution >= 4 is 17.1 Å². The van der Waals surface area contributed by atoms with Gasteiger partial charge in [0.25, 0.3) is 0 Å². The third-order valence-corrected chi connectivity index (χ3v) is 8.22. The molecule has 1 N–H and O–H groups in total. The highest BCUT2D eigenvalue weighted by Crippen LogP contribution is 2.40. The van der Waals surface area contributed by atoms with Gasteiger partial charge in [0.15, 0.2) is 4.90 Å². The van der Waals surface area contributed by atoms with Crippen LogP contribution in [0.1, 0.15) is 56.1 Å². The molecule has 0 heterocycles. The summed E-state index contributed by atoms with van der Waals surface area (Å²) >= 11 is -1.30. The predicted molar refractivity (Wildman–Crippen MR) is 143 cm³/mol. The number of ether oxygens (including phenoxy) is 2. The van der Waals surface area contributed by atoms with Crippen LogP contribution in [0.15, 0.2) is 65.6 Å². The summed E-state index contributed by atoms with van der Waals surface area (Å²) in [7, 11) is 1.53. The Balaban J connectivity index is 1.56. The molecule has 1 aliphatic carbocycles. The van der Waals surface area contributed by atoms with Crippen LogP contribution in [0, 0.1) is 11.7 Å². The lowest BCUT2D eigenvalue weighted by Crippen LogP contribution is -2.09. The van der Waals surface area contributed by atoms with Crippen molar-refractivity contribution in [2.75, 3.05) is 12.9 Å². The molecular weight excluding hydrogens is 491 g/mol. The maximum Gasteiger partial charge on any atom is 0.303 e.